The SMILES string of the molecule is CC(C)(C)OC(=O)C[C@H]1CCC[C@H]1N.CC(C)(C)OC(=O)C[C@H]1CCC[C@H]1Nc1ncc2cc(Br)ccc2n1.Clc1ncc2cc(Br)ccc2n1. The van der Waals surface area contributed by atoms with Gasteiger partial charge in [-0.25, -0.2) is 19.9 Å². The van der Waals surface area contributed by atoms with E-state index in [-0.39, 0.29) is 40.8 Å². The van der Waals surface area contributed by atoms with Crippen molar-refractivity contribution >= 4 is 83.2 Å². The lowest BCUT2D eigenvalue weighted by atomic mass is 9.99. The Morgan fingerprint density at radius 2 is 1.29 bits per heavy atom. The number of fused-ring (bicyclic) bond motifs is 2. The van der Waals surface area contributed by atoms with Gasteiger partial charge in [0.1, 0.15) is 11.2 Å². The Balaban J connectivity index is 0.000000189. The lowest BCUT2D eigenvalue weighted by Gasteiger charge is -2.24. The monoisotopic (exact) mass is 846 g/mol. The van der Waals surface area contributed by atoms with Crippen LogP contribution in [0.1, 0.15) is 92.9 Å². The van der Waals surface area contributed by atoms with Crippen molar-refractivity contribution in [2.45, 2.75) is 116 Å². The van der Waals surface area contributed by atoms with Gasteiger partial charge >= 0.3 is 11.9 Å². The van der Waals surface area contributed by atoms with Crippen molar-refractivity contribution in [1.82, 2.24) is 19.9 Å². The van der Waals surface area contributed by atoms with Crippen molar-refractivity contribution in [3.63, 3.8) is 0 Å². The number of carbonyl (C=O) groups excluding carboxylic acids is 2. The second kappa shape index (κ2) is 18.2. The molecule has 10 nitrogen and oxygen atoms in total. The summed E-state index contributed by atoms with van der Waals surface area (Å²) in [5.41, 5.74) is 6.84. The van der Waals surface area contributed by atoms with E-state index >= 15 is 0 Å². The van der Waals surface area contributed by atoms with E-state index in [0.717, 1.165) is 69.3 Å². The van der Waals surface area contributed by atoms with Crippen LogP contribution in [-0.2, 0) is 19.1 Å². The van der Waals surface area contributed by atoms with Crippen molar-refractivity contribution < 1.29 is 19.1 Å². The Labute approximate surface area is 322 Å². The standard InChI is InChI=1S/C19H24BrN3O2.C11H21NO2.C8H4BrClN2/c1-19(2,3)25-17(24)10-12-5-4-6-15(12)22-18-21-11-13-9-14(20)7-8-16(13)23-18;1-11(2,3)14-10(13)7-8-5-4-6-9(8)12;9-6-1-2-7-5(3-6)4-11-8(10)12-7/h7-9,11-12,15H,4-6,10H2,1-3H3,(H,21,22,23);8-9H,4-7,12H2,1-3H3;1-4H/t12-,15-;8-,9-;/m11./s1. The van der Waals surface area contributed by atoms with E-state index in [1.54, 1.807) is 6.20 Å². The number of nitrogens with one attached hydrogen (secondary N) is 1. The van der Waals surface area contributed by atoms with Crippen molar-refractivity contribution in [1.29, 1.82) is 0 Å². The highest BCUT2D eigenvalue weighted by Crippen LogP contribution is 2.32. The van der Waals surface area contributed by atoms with Crippen molar-refractivity contribution in [3.8, 4) is 0 Å². The fourth-order valence-corrected chi connectivity index (χ4v) is 7.10. The third-order valence-corrected chi connectivity index (χ3v) is 9.61. The van der Waals surface area contributed by atoms with Gasteiger partial charge in [-0.15, -0.1) is 0 Å². The topological polar surface area (TPSA) is 142 Å². The van der Waals surface area contributed by atoms with Gasteiger partial charge in [0.2, 0.25) is 11.2 Å². The first-order valence-corrected chi connectivity index (χ1v) is 19.4. The van der Waals surface area contributed by atoms with Crippen LogP contribution in [0.4, 0.5) is 5.95 Å². The van der Waals surface area contributed by atoms with Gasteiger partial charge in [-0.05, 0) is 127 Å². The number of ether oxygens (including phenoxy) is 2. The highest BCUT2D eigenvalue weighted by atomic mass is 79.9. The molecule has 2 aliphatic carbocycles. The van der Waals surface area contributed by atoms with Crippen molar-refractivity contribution in [3.05, 3.63) is 63.0 Å². The molecule has 0 spiro atoms. The number of hydrogen-bond donors (Lipinski definition) is 2. The molecule has 6 rings (SSSR count). The van der Waals surface area contributed by atoms with E-state index in [1.165, 1.54) is 0 Å². The number of esters is 2. The summed E-state index contributed by atoms with van der Waals surface area (Å²) >= 11 is 12.4. The normalized spacial score (nSPS) is 20.2. The van der Waals surface area contributed by atoms with Gasteiger partial charge < -0.3 is 20.5 Å². The number of hydrogen-bond acceptors (Lipinski definition) is 10. The molecule has 2 saturated carbocycles. The lowest BCUT2D eigenvalue weighted by molar-refractivity contribution is -0.157. The van der Waals surface area contributed by atoms with E-state index in [9.17, 15) is 9.59 Å². The van der Waals surface area contributed by atoms with Crippen LogP contribution in [0.15, 0.2) is 57.7 Å². The first-order valence-electron chi connectivity index (χ1n) is 17.4. The average Bonchev–Trinajstić information content (AvgIpc) is 3.63. The molecule has 4 aromatic rings. The molecule has 2 aromatic carbocycles. The fraction of sp³-hybridized carbons (Fsp3) is 0.526. The predicted octanol–water partition coefficient (Wildman–Crippen LogP) is 9.60. The summed E-state index contributed by atoms with van der Waals surface area (Å²) in [7, 11) is 0. The van der Waals surface area contributed by atoms with Crippen LogP contribution in [0.5, 0.6) is 0 Å². The van der Waals surface area contributed by atoms with Crippen molar-refractivity contribution in [2.24, 2.45) is 17.6 Å². The molecule has 0 saturated heterocycles. The van der Waals surface area contributed by atoms with Crippen LogP contribution in [-0.4, -0.2) is 55.2 Å². The number of rotatable bonds is 6. The molecule has 3 N–H and O–H groups in total. The Kier molecular flexibility index (Phi) is 14.6. The summed E-state index contributed by atoms with van der Waals surface area (Å²) in [6.45, 7) is 11.4. The number of halogens is 3. The maximum absolute atomic E-state index is 12.1. The number of nitrogens with two attached hydrogens (primary N) is 1. The van der Waals surface area contributed by atoms with E-state index in [4.69, 9.17) is 26.8 Å². The molecule has 2 aliphatic rings. The Hall–Kier alpha value is -2.93. The number of carbonyl (C=O) groups is 2. The third-order valence-electron chi connectivity index (χ3n) is 8.44. The molecule has 2 aromatic heterocycles. The van der Waals surface area contributed by atoms with Crippen molar-refractivity contribution in [2.75, 3.05) is 5.32 Å². The third kappa shape index (κ3) is 13.9. The molecule has 2 fully saturated rings. The van der Waals surface area contributed by atoms with E-state index in [0.29, 0.717) is 24.7 Å². The van der Waals surface area contributed by atoms with Gasteiger partial charge in [-0.1, -0.05) is 44.7 Å². The summed E-state index contributed by atoms with van der Waals surface area (Å²) in [6.07, 6.45) is 10.9. The number of nitrogens with zero attached hydrogens (tertiary/aromatic N) is 4. The van der Waals surface area contributed by atoms with Gasteiger partial charge in [-0.3, -0.25) is 9.59 Å². The highest BCUT2D eigenvalue weighted by molar-refractivity contribution is 9.10. The molecule has 0 bridgehead atoms. The molecule has 276 valence electrons. The second-order valence-electron chi connectivity index (χ2n) is 15.1. The molecule has 0 unspecified atom stereocenters. The highest BCUT2D eigenvalue weighted by Gasteiger charge is 2.31. The second-order valence-corrected chi connectivity index (χ2v) is 17.3. The van der Waals surface area contributed by atoms with Crippen LogP contribution in [0, 0.1) is 11.8 Å². The fourth-order valence-electron chi connectivity index (χ4n) is 6.21. The van der Waals surface area contributed by atoms with Gasteiger partial charge in [0, 0.05) is 50.6 Å². The molecule has 2 heterocycles. The van der Waals surface area contributed by atoms with E-state index in [2.05, 4.69) is 57.1 Å². The first kappa shape index (κ1) is 40.8. The molecular weight excluding hydrogens is 800 g/mol. The van der Waals surface area contributed by atoms with Gasteiger partial charge in [0.15, 0.2) is 0 Å². The Bertz CT molecular complexity index is 1760. The first-order chi connectivity index (χ1) is 23.9. The summed E-state index contributed by atoms with van der Waals surface area (Å²) in [5.74, 6) is 0.982. The summed E-state index contributed by atoms with van der Waals surface area (Å²) in [5, 5.41) is 5.68. The van der Waals surface area contributed by atoms with E-state index in [1.807, 2.05) is 84.1 Å². The van der Waals surface area contributed by atoms with Gasteiger partial charge in [0.25, 0.3) is 0 Å². The quantitative estimate of drug-likeness (QED) is 0.142. The molecule has 4 atom stereocenters. The summed E-state index contributed by atoms with van der Waals surface area (Å²) < 4.78 is 12.7. The molecule has 0 amide bonds. The van der Waals surface area contributed by atoms with Crippen LogP contribution in [0.3, 0.4) is 0 Å². The zero-order valence-electron chi connectivity index (χ0n) is 30.2. The zero-order chi connectivity index (χ0) is 37.3. The number of benzene rings is 2. The Morgan fingerprint density at radius 3 is 1.84 bits per heavy atom. The minimum atomic E-state index is -0.436. The smallest absolute Gasteiger partial charge is 0.306 e. The maximum Gasteiger partial charge on any atom is 0.306 e. The maximum atomic E-state index is 12.1. The molecular formula is C38H49Br2ClN6O4. The minimum Gasteiger partial charge on any atom is -0.460 e. The van der Waals surface area contributed by atoms with Gasteiger partial charge in [-0.2, -0.15) is 0 Å². The average molecular weight is 849 g/mol. The molecule has 0 aliphatic heterocycles. The predicted molar refractivity (Wildman–Crippen MR) is 210 cm³/mol. The zero-order valence-corrected chi connectivity index (χ0v) is 34.1. The number of anilines is 1. The van der Waals surface area contributed by atoms with Gasteiger partial charge in [0.05, 0.1) is 17.5 Å². The molecule has 0 radical (unpaired) electrons. The van der Waals surface area contributed by atoms with Crippen LogP contribution in [0.2, 0.25) is 5.28 Å². The Morgan fingerprint density at radius 1 is 0.784 bits per heavy atom. The lowest BCUT2D eigenvalue weighted by Crippen LogP contribution is -2.30. The summed E-state index contributed by atoms with van der Waals surface area (Å²) in [4.78, 5) is 40.6. The summed E-state index contributed by atoms with van der Waals surface area (Å²) in [6, 6.07) is 12.1. The minimum absolute atomic E-state index is 0.111. The molecule has 51 heavy (non-hydrogen) atoms. The van der Waals surface area contributed by atoms with Crippen LogP contribution < -0.4 is 11.1 Å². The molecule has 13 heteroatoms. The van der Waals surface area contributed by atoms with Crippen LogP contribution >= 0.6 is 43.5 Å². The largest absolute Gasteiger partial charge is 0.460 e. The van der Waals surface area contributed by atoms with Crippen LogP contribution in [0.25, 0.3) is 21.8 Å². The number of aromatic nitrogens is 4. The van der Waals surface area contributed by atoms with E-state index < -0.39 is 5.60 Å².